The second-order valence-electron chi connectivity index (χ2n) is 4.26. The van der Waals surface area contributed by atoms with Gasteiger partial charge in [-0.1, -0.05) is 63.3 Å². The first-order valence-corrected chi connectivity index (χ1v) is 6.89. The summed E-state index contributed by atoms with van der Waals surface area (Å²) in [6.07, 6.45) is 5.54. The van der Waals surface area contributed by atoms with Crippen molar-refractivity contribution in [2.24, 2.45) is 0 Å². The predicted molar refractivity (Wildman–Crippen MR) is 84.1 cm³/mol. The quantitative estimate of drug-likeness (QED) is 0.612. The second-order valence-corrected chi connectivity index (χ2v) is 4.26. The maximum atomic E-state index is 2.28. The number of rotatable bonds is 2. The molecule has 0 saturated carbocycles. The van der Waals surface area contributed by atoms with Crippen LogP contribution in [-0.2, 0) is 0 Å². The summed E-state index contributed by atoms with van der Waals surface area (Å²) in [4.78, 5) is 0. The van der Waals surface area contributed by atoms with Crippen LogP contribution in [0.4, 0.5) is 0 Å². The molecule has 0 radical (unpaired) electrons. The Balaban J connectivity index is 0.000000771. The molecule has 0 atom stereocenters. The summed E-state index contributed by atoms with van der Waals surface area (Å²) < 4.78 is 0. The normalized spacial score (nSPS) is 10.5. The fourth-order valence-corrected chi connectivity index (χ4v) is 2.15. The van der Waals surface area contributed by atoms with Gasteiger partial charge in [-0.25, -0.2) is 0 Å². The van der Waals surface area contributed by atoms with Gasteiger partial charge in [-0.2, -0.15) is 0 Å². The molecular formula is C18H24. The Morgan fingerprint density at radius 3 is 2.22 bits per heavy atom. The molecule has 0 nitrogen and oxygen atoms in total. The zero-order valence-corrected chi connectivity index (χ0v) is 12.2. The first kappa shape index (κ1) is 14.5. The molecule has 0 unspecified atom stereocenters. The number of fused-ring (bicyclic) bond motifs is 1. The monoisotopic (exact) mass is 240 g/mol. The Labute approximate surface area is 111 Å². The third-order valence-electron chi connectivity index (χ3n) is 3.09. The van der Waals surface area contributed by atoms with E-state index in [1.165, 1.54) is 27.5 Å². The molecule has 96 valence electrons. The standard InChI is InChI=1S/C16H18.C2H6/c1-4-5-8-14-11-12(2)15-9-6-7-10-16(15)13(14)3;1-2/h5-11H,4H2,1-3H3;1-2H3/b8-5-;. The Bertz CT molecular complexity index is 533. The van der Waals surface area contributed by atoms with E-state index in [2.05, 4.69) is 63.3 Å². The lowest BCUT2D eigenvalue weighted by molar-refractivity contribution is 1.23. The average molecular weight is 240 g/mol. The van der Waals surface area contributed by atoms with Crippen molar-refractivity contribution < 1.29 is 0 Å². The van der Waals surface area contributed by atoms with Crippen molar-refractivity contribution in [1.82, 2.24) is 0 Å². The zero-order chi connectivity index (χ0) is 13.5. The summed E-state index contributed by atoms with van der Waals surface area (Å²) in [5, 5.41) is 2.74. The third kappa shape index (κ3) is 3.01. The van der Waals surface area contributed by atoms with Crippen LogP contribution in [0.15, 0.2) is 36.4 Å². The Hall–Kier alpha value is -1.56. The van der Waals surface area contributed by atoms with Crippen molar-refractivity contribution >= 4 is 16.8 Å². The minimum atomic E-state index is 1.09. The van der Waals surface area contributed by atoms with Crippen LogP contribution in [0, 0.1) is 13.8 Å². The Kier molecular flexibility index (Phi) is 5.64. The summed E-state index contributed by atoms with van der Waals surface area (Å²) in [7, 11) is 0. The van der Waals surface area contributed by atoms with E-state index in [0.717, 1.165) is 6.42 Å². The molecule has 2 rings (SSSR count). The van der Waals surface area contributed by atoms with Crippen LogP contribution in [0.2, 0.25) is 0 Å². The molecule has 0 aliphatic carbocycles. The molecule has 0 aliphatic rings. The fourth-order valence-electron chi connectivity index (χ4n) is 2.15. The van der Waals surface area contributed by atoms with Crippen molar-refractivity contribution in [3.63, 3.8) is 0 Å². The van der Waals surface area contributed by atoms with Gasteiger partial charge < -0.3 is 0 Å². The molecular weight excluding hydrogens is 216 g/mol. The molecule has 0 heteroatoms. The predicted octanol–water partition coefficient (Wildman–Crippen LogP) is 5.91. The minimum Gasteiger partial charge on any atom is -0.0842 e. The van der Waals surface area contributed by atoms with Gasteiger partial charge in [-0.15, -0.1) is 0 Å². The van der Waals surface area contributed by atoms with E-state index >= 15 is 0 Å². The van der Waals surface area contributed by atoms with Gasteiger partial charge in [0.1, 0.15) is 0 Å². The van der Waals surface area contributed by atoms with Gasteiger partial charge in [-0.3, -0.25) is 0 Å². The zero-order valence-electron chi connectivity index (χ0n) is 12.2. The van der Waals surface area contributed by atoms with E-state index in [1.807, 2.05) is 13.8 Å². The van der Waals surface area contributed by atoms with E-state index in [9.17, 15) is 0 Å². The van der Waals surface area contributed by atoms with Crippen molar-refractivity contribution in [3.8, 4) is 0 Å². The highest BCUT2D eigenvalue weighted by atomic mass is 14.1. The highest BCUT2D eigenvalue weighted by Crippen LogP contribution is 2.26. The van der Waals surface area contributed by atoms with Gasteiger partial charge >= 0.3 is 0 Å². The summed E-state index contributed by atoms with van der Waals surface area (Å²) in [6.45, 7) is 10.6. The van der Waals surface area contributed by atoms with Gasteiger partial charge in [-0.05, 0) is 47.7 Å². The van der Waals surface area contributed by atoms with Crippen molar-refractivity contribution in [1.29, 1.82) is 0 Å². The number of hydrogen-bond donors (Lipinski definition) is 0. The highest BCUT2D eigenvalue weighted by molar-refractivity contribution is 5.91. The molecule has 0 N–H and O–H groups in total. The molecule has 0 spiro atoms. The van der Waals surface area contributed by atoms with Gasteiger partial charge in [0, 0.05) is 0 Å². The topological polar surface area (TPSA) is 0 Å². The van der Waals surface area contributed by atoms with E-state index in [1.54, 1.807) is 0 Å². The number of benzene rings is 2. The Morgan fingerprint density at radius 1 is 1.00 bits per heavy atom. The minimum absolute atomic E-state index is 1.09. The second kappa shape index (κ2) is 7.00. The molecule has 18 heavy (non-hydrogen) atoms. The van der Waals surface area contributed by atoms with Crippen molar-refractivity contribution in [2.75, 3.05) is 0 Å². The molecule has 0 aromatic heterocycles. The van der Waals surface area contributed by atoms with Gasteiger partial charge in [0.2, 0.25) is 0 Å². The molecule has 0 aliphatic heterocycles. The summed E-state index contributed by atoms with van der Waals surface area (Å²) in [5.41, 5.74) is 4.08. The summed E-state index contributed by atoms with van der Waals surface area (Å²) in [6, 6.07) is 10.9. The van der Waals surface area contributed by atoms with Crippen LogP contribution >= 0.6 is 0 Å². The van der Waals surface area contributed by atoms with E-state index in [4.69, 9.17) is 0 Å². The largest absolute Gasteiger partial charge is 0.0842 e. The van der Waals surface area contributed by atoms with Crippen LogP contribution in [0.1, 0.15) is 43.9 Å². The van der Waals surface area contributed by atoms with Crippen molar-refractivity contribution in [3.05, 3.63) is 53.1 Å². The van der Waals surface area contributed by atoms with Crippen LogP contribution in [0.25, 0.3) is 16.8 Å². The highest BCUT2D eigenvalue weighted by Gasteiger charge is 2.03. The number of aryl methyl sites for hydroxylation is 2. The summed E-state index contributed by atoms with van der Waals surface area (Å²) >= 11 is 0. The molecule has 0 saturated heterocycles. The van der Waals surface area contributed by atoms with Crippen LogP contribution in [0.5, 0.6) is 0 Å². The lowest BCUT2D eigenvalue weighted by Crippen LogP contribution is -1.87. The van der Waals surface area contributed by atoms with Crippen LogP contribution < -0.4 is 0 Å². The van der Waals surface area contributed by atoms with E-state index < -0.39 is 0 Å². The first-order chi connectivity index (χ1) is 8.74. The van der Waals surface area contributed by atoms with E-state index in [0.29, 0.717) is 0 Å². The first-order valence-electron chi connectivity index (χ1n) is 6.89. The maximum absolute atomic E-state index is 2.28. The molecule has 2 aromatic rings. The number of allylic oxidation sites excluding steroid dienone is 1. The van der Waals surface area contributed by atoms with Crippen LogP contribution in [0.3, 0.4) is 0 Å². The third-order valence-corrected chi connectivity index (χ3v) is 3.09. The lowest BCUT2D eigenvalue weighted by atomic mass is 9.96. The SMILES string of the molecule is CC.CC/C=C\c1cc(C)c2ccccc2c1C. The van der Waals surface area contributed by atoms with Gasteiger partial charge in [0.05, 0.1) is 0 Å². The summed E-state index contributed by atoms with van der Waals surface area (Å²) in [5.74, 6) is 0. The fraction of sp³-hybridized carbons (Fsp3) is 0.333. The van der Waals surface area contributed by atoms with Crippen LogP contribution in [-0.4, -0.2) is 0 Å². The Morgan fingerprint density at radius 2 is 1.61 bits per heavy atom. The molecule has 0 bridgehead atoms. The smallest absolute Gasteiger partial charge is 0.0146 e. The maximum Gasteiger partial charge on any atom is -0.0146 e. The lowest BCUT2D eigenvalue weighted by Gasteiger charge is -2.09. The van der Waals surface area contributed by atoms with Crippen molar-refractivity contribution in [2.45, 2.75) is 41.0 Å². The molecule has 2 aromatic carbocycles. The number of hydrogen-bond acceptors (Lipinski definition) is 0. The molecule has 0 amide bonds. The van der Waals surface area contributed by atoms with Gasteiger partial charge in [0.25, 0.3) is 0 Å². The van der Waals surface area contributed by atoms with E-state index in [-0.39, 0.29) is 0 Å². The average Bonchev–Trinajstić information content (AvgIpc) is 2.43. The molecule has 0 heterocycles. The molecule has 0 fully saturated rings. The van der Waals surface area contributed by atoms with Gasteiger partial charge in [0.15, 0.2) is 0 Å².